The molecule has 1 heterocycles. The molecule has 20 heavy (non-hydrogen) atoms. The van der Waals surface area contributed by atoms with Crippen LogP contribution in [0.15, 0.2) is 29.2 Å². The van der Waals surface area contributed by atoms with Gasteiger partial charge in [-0.2, -0.15) is 4.31 Å². The van der Waals surface area contributed by atoms with E-state index in [1.807, 2.05) is 6.92 Å². The zero-order chi connectivity index (χ0) is 14.8. The van der Waals surface area contributed by atoms with Gasteiger partial charge in [-0.15, -0.1) is 0 Å². The normalized spacial score (nSPS) is 23.2. The Labute approximate surface area is 119 Å². The number of aliphatic hydroxyl groups excluding tert-OH is 1. The lowest BCUT2D eigenvalue weighted by molar-refractivity contribution is 0.136. The number of hydrogen-bond donors (Lipinski definition) is 2. The summed E-state index contributed by atoms with van der Waals surface area (Å²) in [5.74, 6) is 0.636. The molecule has 0 radical (unpaired) electrons. The first-order valence-electron chi connectivity index (χ1n) is 6.56. The van der Waals surface area contributed by atoms with Gasteiger partial charge in [0.05, 0.1) is 23.6 Å². The molecule has 2 N–H and O–H groups in total. The van der Waals surface area contributed by atoms with Gasteiger partial charge < -0.3 is 15.2 Å². The van der Waals surface area contributed by atoms with Crippen LogP contribution in [0.1, 0.15) is 6.92 Å². The average molecular weight is 300 g/mol. The highest BCUT2D eigenvalue weighted by molar-refractivity contribution is 7.89. The van der Waals surface area contributed by atoms with Crippen LogP contribution in [0.5, 0.6) is 5.75 Å². The zero-order valence-corrected chi connectivity index (χ0v) is 12.4. The molecular weight excluding hydrogens is 280 g/mol. The molecular formula is C13H20N2O4S. The van der Waals surface area contributed by atoms with E-state index in [0.29, 0.717) is 25.4 Å². The smallest absolute Gasteiger partial charge is 0.243 e. The fourth-order valence-corrected chi connectivity index (χ4v) is 3.63. The van der Waals surface area contributed by atoms with E-state index in [0.717, 1.165) is 0 Å². The summed E-state index contributed by atoms with van der Waals surface area (Å²) in [7, 11) is -2.12. The molecule has 2 atom stereocenters. The molecule has 1 aromatic carbocycles. The SMILES string of the molecule is CCOc1ccc(S(=O)(=O)N(C)[C@@H]2CNC[C@H]2O)cc1. The average Bonchev–Trinajstić information content (AvgIpc) is 2.85. The van der Waals surface area contributed by atoms with Crippen molar-refractivity contribution in [1.29, 1.82) is 0 Å². The standard InChI is InChI=1S/C13H20N2O4S/c1-3-19-10-4-6-11(7-5-10)20(17,18)15(2)12-8-14-9-13(12)16/h4-7,12-14,16H,3,8-9H2,1-2H3/t12-,13-/m1/s1. The molecule has 6 nitrogen and oxygen atoms in total. The number of sulfonamides is 1. The second kappa shape index (κ2) is 6.09. The van der Waals surface area contributed by atoms with Gasteiger partial charge in [-0.05, 0) is 31.2 Å². The molecule has 0 spiro atoms. The third-order valence-corrected chi connectivity index (χ3v) is 5.33. The number of nitrogens with one attached hydrogen (secondary N) is 1. The third kappa shape index (κ3) is 2.95. The molecule has 112 valence electrons. The summed E-state index contributed by atoms with van der Waals surface area (Å²) in [6.07, 6.45) is -0.683. The van der Waals surface area contributed by atoms with Gasteiger partial charge in [0.2, 0.25) is 10.0 Å². The van der Waals surface area contributed by atoms with Gasteiger partial charge in [-0.3, -0.25) is 0 Å². The summed E-state index contributed by atoms with van der Waals surface area (Å²) in [5.41, 5.74) is 0. The molecule has 7 heteroatoms. The highest BCUT2D eigenvalue weighted by Gasteiger charge is 2.35. The highest BCUT2D eigenvalue weighted by atomic mass is 32.2. The van der Waals surface area contributed by atoms with Crippen LogP contribution in [-0.4, -0.2) is 56.7 Å². The monoisotopic (exact) mass is 300 g/mol. The summed E-state index contributed by atoms with van der Waals surface area (Å²) in [6.45, 7) is 3.26. The van der Waals surface area contributed by atoms with Crippen LogP contribution >= 0.6 is 0 Å². The maximum atomic E-state index is 12.5. The lowest BCUT2D eigenvalue weighted by Gasteiger charge is -2.25. The van der Waals surface area contributed by atoms with Crippen LogP contribution in [-0.2, 0) is 10.0 Å². The first kappa shape index (κ1) is 15.2. The lowest BCUT2D eigenvalue weighted by Crippen LogP contribution is -2.44. The van der Waals surface area contributed by atoms with Crippen molar-refractivity contribution in [2.45, 2.75) is 24.0 Å². The minimum atomic E-state index is -3.61. The van der Waals surface area contributed by atoms with Gasteiger partial charge in [0, 0.05) is 20.1 Å². The Morgan fingerprint density at radius 3 is 2.50 bits per heavy atom. The van der Waals surface area contributed by atoms with E-state index in [4.69, 9.17) is 4.74 Å². The van der Waals surface area contributed by atoms with E-state index < -0.39 is 22.2 Å². The molecule has 0 amide bonds. The molecule has 0 aliphatic carbocycles. The van der Waals surface area contributed by atoms with E-state index in [1.165, 1.54) is 23.5 Å². The van der Waals surface area contributed by atoms with Gasteiger partial charge in [-0.1, -0.05) is 0 Å². The Morgan fingerprint density at radius 2 is 2.00 bits per heavy atom. The fraction of sp³-hybridized carbons (Fsp3) is 0.538. The summed E-state index contributed by atoms with van der Waals surface area (Å²) < 4.78 is 31.5. The molecule has 2 rings (SSSR count). The molecule has 0 bridgehead atoms. The molecule has 0 saturated carbocycles. The van der Waals surface area contributed by atoms with Crippen molar-refractivity contribution in [1.82, 2.24) is 9.62 Å². The van der Waals surface area contributed by atoms with E-state index in [2.05, 4.69) is 5.32 Å². The van der Waals surface area contributed by atoms with Crippen LogP contribution in [0.4, 0.5) is 0 Å². The fourth-order valence-electron chi connectivity index (χ4n) is 2.24. The van der Waals surface area contributed by atoms with Crippen molar-refractivity contribution in [3.63, 3.8) is 0 Å². The van der Waals surface area contributed by atoms with Crippen LogP contribution in [0.25, 0.3) is 0 Å². The minimum absolute atomic E-state index is 0.197. The second-order valence-corrected chi connectivity index (χ2v) is 6.72. The summed E-state index contributed by atoms with van der Waals surface area (Å²) >= 11 is 0. The minimum Gasteiger partial charge on any atom is -0.494 e. The number of hydrogen-bond acceptors (Lipinski definition) is 5. The zero-order valence-electron chi connectivity index (χ0n) is 11.6. The number of aliphatic hydroxyl groups is 1. The van der Waals surface area contributed by atoms with Crippen molar-refractivity contribution in [3.8, 4) is 5.75 Å². The molecule has 0 aromatic heterocycles. The van der Waals surface area contributed by atoms with Crippen LogP contribution in [0.2, 0.25) is 0 Å². The quantitative estimate of drug-likeness (QED) is 0.802. The molecule has 1 saturated heterocycles. The maximum Gasteiger partial charge on any atom is 0.243 e. The van der Waals surface area contributed by atoms with Crippen molar-refractivity contribution < 1.29 is 18.3 Å². The van der Waals surface area contributed by atoms with Gasteiger partial charge >= 0.3 is 0 Å². The Hall–Kier alpha value is -1.15. The summed E-state index contributed by atoms with van der Waals surface area (Å²) in [6, 6.07) is 5.87. The molecule has 0 unspecified atom stereocenters. The first-order chi connectivity index (χ1) is 9.46. The topological polar surface area (TPSA) is 78.9 Å². The Kier molecular flexibility index (Phi) is 4.64. The van der Waals surface area contributed by atoms with Gasteiger partial charge in [0.15, 0.2) is 0 Å². The molecule has 1 aromatic rings. The molecule has 1 fully saturated rings. The predicted molar refractivity (Wildman–Crippen MR) is 75.2 cm³/mol. The van der Waals surface area contributed by atoms with Crippen LogP contribution < -0.4 is 10.1 Å². The summed E-state index contributed by atoms with van der Waals surface area (Å²) in [4.78, 5) is 0.197. The second-order valence-electron chi connectivity index (χ2n) is 4.72. The van der Waals surface area contributed by atoms with Crippen molar-refractivity contribution in [2.75, 3.05) is 26.7 Å². The maximum absolute atomic E-state index is 12.5. The van der Waals surface area contributed by atoms with Gasteiger partial charge in [0.1, 0.15) is 5.75 Å². The predicted octanol–water partition coefficient (Wildman–Crippen LogP) is 0.0385. The lowest BCUT2D eigenvalue weighted by atomic mass is 10.2. The van der Waals surface area contributed by atoms with Crippen LogP contribution in [0, 0.1) is 0 Å². The number of β-amino-alcohol motifs (C(OH)–C–C–N with tert-alkyl or cyclic N) is 1. The molecule has 1 aliphatic heterocycles. The van der Waals surface area contributed by atoms with Crippen molar-refractivity contribution in [3.05, 3.63) is 24.3 Å². The first-order valence-corrected chi connectivity index (χ1v) is 8.00. The van der Waals surface area contributed by atoms with E-state index in [1.54, 1.807) is 12.1 Å². The number of rotatable bonds is 5. The largest absolute Gasteiger partial charge is 0.494 e. The Balaban J connectivity index is 2.20. The van der Waals surface area contributed by atoms with Crippen molar-refractivity contribution in [2.24, 2.45) is 0 Å². The highest BCUT2D eigenvalue weighted by Crippen LogP contribution is 2.22. The Morgan fingerprint density at radius 1 is 1.35 bits per heavy atom. The summed E-state index contributed by atoms with van der Waals surface area (Å²) in [5, 5.41) is 12.8. The van der Waals surface area contributed by atoms with E-state index >= 15 is 0 Å². The molecule has 1 aliphatic rings. The van der Waals surface area contributed by atoms with Crippen molar-refractivity contribution >= 4 is 10.0 Å². The Bertz CT molecular complexity index is 544. The van der Waals surface area contributed by atoms with Gasteiger partial charge in [0.25, 0.3) is 0 Å². The number of likely N-dealkylation sites (N-methyl/N-ethyl adjacent to an activating group) is 1. The third-order valence-electron chi connectivity index (χ3n) is 3.43. The number of ether oxygens (including phenoxy) is 1. The van der Waals surface area contributed by atoms with E-state index in [9.17, 15) is 13.5 Å². The van der Waals surface area contributed by atoms with Crippen LogP contribution in [0.3, 0.4) is 0 Å². The van der Waals surface area contributed by atoms with E-state index in [-0.39, 0.29) is 4.90 Å². The van der Waals surface area contributed by atoms with Gasteiger partial charge in [-0.25, -0.2) is 8.42 Å². The number of benzene rings is 1. The number of nitrogens with zero attached hydrogens (tertiary/aromatic N) is 1.